The molecule has 0 aromatic carbocycles. The van der Waals surface area contributed by atoms with Crippen molar-refractivity contribution in [1.82, 2.24) is 20.2 Å². The van der Waals surface area contributed by atoms with Crippen molar-refractivity contribution in [3.63, 3.8) is 0 Å². The number of nitrogens with one attached hydrogen (secondary N) is 2. The maximum Gasteiger partial charge on any atom is 0.220 e. The van der Waals surface area contributed by atoms with Crippen molar-refractivity contribution in [1.29, 1.82) is 0 Å². The van der Waals surface area contributed by atoms with Crippen LogP contribution in [0.4, 0.5) is 0 Å². The summed E-state index contributed by atoms with van der Waals surface area (Å²) in [6.07, 6.45) is 8.73. The van der Waals surface area contributed by atoms with Gasteiger partial charge in [0, 0.05) is 31.7 Å². The molecule has 0 bridgehead atoms. The van der Waals surface area contributed by atoms with E-state index in [0.29, 0.717) is 12.5 Å². The molecular weight excluding hydrogens is 240 g/mol. The monoisotopic (exact) mass is 264 g/mol. The molecule has 0 saturated heterocycles. The Morgan fingerprint density at radius 3 is 3.11 bits per heavy atom. The van der Waals surface area contributed by atoms with E-state index in [0.717, 1.165) is 45.3 Å². The zero-order valence-electron chi connectivity index (χ0n) is 11.7. The van der Waals surface area contributed by atoms with Gasteiger partial charge in [-0.25, -0.2) is 4.98 Å². The van der Waals surface area contributed by atoms with Crippen LogP contribution in [0.2, 0.25) is 0 Å². The average Bonchev–Trinajstić information content (AvgIpc) is 3.09. The molecule has 5 heteroatoms. The van der Waals surface area contributed by atoms with Gasteiger partial charge < -0.3 is 15.2 Å². The smallest absolute Gasteiger partial charge is 0.220 e. The molecule has 1 aliphatic rings. The third kappa shape index (κ3) is 5.03. The summed E-state index contributed by atoms with van der Waals surface area (Å²) < 4.78 is 2.17. The number of amides is 1. The fraction of sp³-hybridized carbons (Fsp3) is 0.714. The summed E-state index contributed by atoms with van der Waals surface area (Å²) in [5.74, 6) is 0.195. The Balaban J connectivity index is 1.55. The van der Waals surface area contributed by atoms with E-state index in [4.69, 9.17) is 0 Å². The van der Waals surface area contributed by atoms with Gasteiger partial charge in [-0.1, -0.05) is 6.92 Å². The molecule has 1 aromatic rings. The summed E-state index contributed by atoms with van der Waals surface area (Å²) >= 11 is 0. The number of carbonyl (C=O) groups excluding carboxylic acids is 1. The highest BCUT2D eigenvalue weighted by molar-refractivity contribution is 5.76. The molecular formula is C14H24N4O. The average molecular weight is 264 g/mol. The summed E-state index contributed by atoms with van der Waals surface area (Å²) in [5.41, 5.74) is 1.21. The molecule has 0 spiro atoms. The fourth-order valence-electron chi connectivity index (χ4n) is 2.06. The lowest BCUT2D eigenvalue weighted by atomic mass is 10.3. The lowest BCUT2D eigenvalue weighted by Gasteiger charge is -2.08. The van der Waals surface area contributed by atoms with Crippen LogP contribution < -0.4 is 10.6 Å². The molecule has 1 heterocycles. The second-order valence-electron chi connectivity index (χ2n) is 5.20. The minimum Gasteiger partial charge on any atom is -0.353 e. The molecule has 0 aliphatic heterocycles. The van der Waals surface area contributed by atoms with Gasteiger partial charge in [0.15, 0.2) is 0 Å². The van der Waals surface area contributed by atoms with Crippen LogP contribution in [-0.4, -0.2) is 28.0 Å². The molecule has 2 rings (SSSR count). The van der Waals surface area contributed by atoms with E-state index in [1.807, 2.05) is 12.5 Å². The molecule has 2 N–H and O–H groups in total. The van der Waals surface area contributed by atoms with E-state index in [2.05, 4.69) is 27.1 Å². The second-order valence-corrected chi connectivity index (χ2v) is 5.20. The molecule has 5 nitrogen and oxygen atoms in total. The first-order valence-electron chi connectivity index (χ1n) is 7.28. The maximum absolute atomic E-state index is 11.5. The van der Waals surface area contributed by atoms with Crippen LogP contribution in [0, 0.1) is 0 Å². The predicted octanol–water partition coefficient (Wildman–Crippen LogP) is 1.44. The molecule has 0 unspecified atom stereocenters. The van der Waals surface area contributed by atoms with E-state index in [-0.39, 0.29) is 5.91 Å². The van der Waals surface area contributed by atoms with Gasteiger partial charge in [-0.2, -0.15) is 0 Å². The summed E-state index contributed by atoms with van der Waals surface area (Å²) in [7, 11) is 0. The summed E-state index contributed by atoms with van der Waals surface area (Å²) in [6.45, 7) is 4.87. The van der Waals surface area contributed by atoms with Crippen LogP contribution in [0.3, 0.4) is 0 Å². The van der Waals surface area contributed by atoms with Crippen LogP contribution in [0.1, 0.15) is 44.7 Å². The number of aryl methyl sites for hydroxylation is 1. The highest BCUT2D eigenvalue weighted by Gasteiger charge is 2.22. The number of rotatable bonds is 9. The van der Waals surface area contributed by atoms with Crippen LogP contribution >= 0.6 is 0 Å². The van der Waals surface area contributed by atoms with Gasteiger partial charge in [0.2, 0.25) is 5.91 Å². The largest absolute Gasteiger partial charge is 0.353 e. The fourth-order valence-corrected chi connectivity index (χ4v) is 2.06. The first-order valence-corrected chi connectivity index (χ1v) is 7.28. The van der Waals surface area contributed by atoms with Crippen molar-refractivity contribution < 1.29 is 4.79 Å². The van der Waals surface area contributed by atoms with E-state index >= 15 is 0 Å². The Hall–Kier alpha value is -1.36. The number of imidazole rings is 1. The van der Waals surface area contributed by atoms with E-state index in [1.165, 1.54) is 5.69 Å². The van der Waals surface area contributed by atoms with Gasteiger partial charge in [0.25, 0.3) is 0 Å². The molecule has 0 atom stereocenters. The Morgan fingerprint density at radius 1 is 1.53 bits per heavy atom. The number of hydrogen-bond donors (Lipinski definition) is 2. The Kier molecular flexibility index (Phi) is 5.39. The van der Waals surface area contributed by atoms with Crippen LogP contribution in [-0.2, 0) is 17.9 Å². The van der Waals surface area contributed by atoms with Gasteiger partial charge in [0.1, 0.15) is 0 Å². The van der Waals surface area contributed by atoms with Gasteiger partial charge in [0.05, 0.1) is 12.0 Å². The zero-order chi connectivity index (χ0) is 13.5. The van der Waals surface area contributed by atoms with Crippen molar-refractivity contribution in [2.24, 2.45) is 0 Å². The Bertz CT molecular complexity index is 398. The van der Waals surface area contributed by atoms with Gasteiger partial charge in [-0.05, 0) is 32.2 Å². The third-order valence-corrected chi connectivity index (χ3v) is 3.27. The van der Waals surface area contributed by atoms with Crippen molar-refractivity contribution in [3.05, 3.63) is 18.2 Å². The van der Waals surface area contributed by atoms with E-state index < -0.39 is 0 Å². The first-order chi connectivity index (χ1) is 9.29. The van der Waals surface area contributed by atoms with E-state index in [1.54, 1.807) is 0 Å². The normalized spacial score (nSPS) is 14.6. The van der Waals surface area contributed by atoms with Crippen LogP contribution in [0.25, 0.3) is 0 Å². The summed E-state index contributed by atoms with van der Waals surface area (Å²) in [4.78, 5) is 15.6. The van der Waals surface area contributed by atoms with Gasteiger partial charge >= 0.3 is 0 Å². The molecule has 1 saturated carbocycles. The van der Waals surface area contributed by atoms with Crippen molar-refractivity contribution in [2.45, 2.75) is 58.2 Å². The number of aromatic nitrogens is 2. The lowest BCUT2D eigenvalue weighted by molar-refractivity contribution is -0.121. The van der Waals surface area contributed by atoms with Crippen LogP contribution in [0.5, 0.6) is 0 Å². The Labute approximate surface area is 114 Å². The van der Waals surface area contributed by atoms with Gasteiger partial charge in [-0.3, -0.25) is 4.79 Å². The van der Waals surface area contributed by atoms with Crippen molar-refractivity contribution in [2.75, 3.05) is 6.54 Å². The van der Waals surface area contributed by atoms with Crippen molar-refractivity contribution >= 4 is 5.91 Å². The highest BCUT2D eigenvalue weighted by atomic mass is 16.1. The van der Waals surface area contributed by atoms with E-state index in [9.17, 15) is 4.79 Å². The maximum atomic E-state index is 11.5. The highest BCUT2D eigenvalue weighted by Crippen LogP contribution is 2.18. The number of nitrogens with zero attached hydrogens (tertiary/aromatic N) is 2. The molecule has 106 valence electrons. The SMILES string of the molecule is CCCn1cncc1CNCCCC(=O)NC1CC1. The van der Waals surface area contributed by atoms with Crippen molar-refractivity contribution in [3.8, 4) is 0 Å². The summed E-state index contributed by atoms with van der Waals surface area (Å²) in [5, 5.41) is 6.37. The Morgan fingerprint density at radius 2 is 2.37 bits per heavy atom. The molecule has 1 aromatic heterocycles. The lowest BCUT2D eigenvalue weighted by Crippen LogP contribution is -2.26. The molecule has 0 radical (unpaired) electrons. The minimum absolute atomic E-state index is 0.195. The molecule has 1 fully saturated rings. The predicted molar refractivity (Wildman–Crippen MR) is 74.6 cm³/mol. The minimum atomic E-state index is 0.195. The van der Waals surface area contributed by atoms with Crippen LogP contribution in [0.15, 0.2) is 12.5 Å². The third-order valence-electron chi connectivity index (χ3n) is 3.27. The first kappa shape index (κ1) is 14.1. The molecule has 19 heavy (non-hydrogen) atoms. The zero-order valence-corrected chi connectivity index (χ0v) is 11.7. The molecule has 1 amide bonds. The standard InChI is InChI=1S/C14H24N4O/c1-2-8-18-11-16-10-13(18)9-15-7-3-4-14(19)17-12-5-6-12/h10-12,15H,2-9H2,1H3,(H,17,19). The van der Waals surface area contributed by atoms with Gasteiger partial charge in [-0.15, -0.1) is 0 Å². The topological polar surface area (TPSA) is 59.0 Å². The number of hydrogen-bond acceptors (Lipinski definition) is 3. The molecule has 1 aliphatic carbocycles. The quantitative estimate of drug-likeness (QED) is 0.664. The summed E-state index contributed by atoms with van der Waals surface area (Å²) in [6, 6.07) is 0.476. The number of carbonyl (C=O) groups is 1. The second kappa shape index (κ2) is 7.28.